The second-order valence-electron chi connectivity index (χ2n) is 3.91. The highest BCUT2D eigenvalue weighted by atomic mass is 16.3. The van der Waals surface area contributed by atoms with Gasteiger partial charge in [0.2, 0.25) is 5.91 Å². The van der Waals surface area contributed by atoms with Gasteiger partial charge in [-0.25, -0.2) is 0 Å². The number of piperazine rings is 1. The standard InChI is InChI=1S/C10H21N3O2/c1-2-9(11)10(15)13-5-3-12(4-6-13)7-8-14/h9,14H,2-8,11H2,1H3/t9-/m0/s1. The minimum atomic E-state index is -0.352. The fourth-order valence-electron chi connectivity index (χ4n) is 1.74. The fraction of sp³-hybridized carbons (Fsp3) is 0.900. The van der Waals surface area contributed by atoms with Crippen molar-refractivity contribution in [1.29, 1.82) is 0 Å². The number of aliphatic hydroxyl groups is 1. The topological polar surface area (TPSA) is 69.8 Å². The molecular weight excluding hydrogens is 194 g/mol. The molecule has 5 nitrogen and oxygen atoms in total. The Morgan fingerprint density at radius 3 is 2.47 bits per heavy atom. The van der Waals surface area contributed by atoms with Crippen molar-refractivity contribution in [3.8, 4) is 0 Å². The van der Waals surface area contributed by atoms with Crippen LogP contribution < -0.4 is 5.73 Å². The van der Waals surface area contributed by atoms with Crippen molar-refractivity contribution in [3.63, 3.8) is 0 Å². The highest BCUT2D eigenvalue weighted by molar-refractivity contribution is 5.81. The lowest BCUT2D eigenvalue weighted by atomic mass is 10.2. The van der Waals surface area contributed by atoms with Crippen LogP contribution in [-0.4, -0.2) is 66.2 Å². The van der Waals surface area contributed by atoms with E-state index in [4.69, 9.17) is 10.8 Å². The van der Waals surface area contributed by atoms with E-state index in [1.807, 2.05) is 11.8 Å². The van der Waals surface area contributed by atoms with Gasteiger partial charge >= 0.3 is 0 Å². The van der Waals surface area contributed by atoms with E-state index in [1.54, 1.807) is 0 Å². The zero-order valence-electron chi connectivity index (χ0n) is 9.35. The predicted molar refractivity (Wildman–Crippen MR) is 58.4 cm³/mol. The lowest BCUT2D eigenvalue weighted by Crippen LogP contribution is -2.53. The largest absolute Gasteiger partial charge is 0.395 e. The lowest BCUT2D eigenvalue weighted by Gasteiger charge is -2.35. The highest BCUT2D eigenvalue weighted by Gasteiger charge is 2.23. The van der Waals surface area contributed by atoms with Gasteiger partial charge in [0.25, 0.3) is 0 Å². The molecule has 1 aliphatic heterocycles. The predicted octanol–water partition coefficient (Wildman–Crippen LogP) is -1.14. The average molecular weight is 215 g/mol. The molecule has 1 heterocycles. The molecule has 3 N–H and O–H groups in total. The van der Waals surface area contributed by atoms with Crippen molar-refractivity contribution in [1.82, 2.24) is 9.80 Å². The molecule has 0 aromatic carbocycles. The van der Waals surface area contributed by atoms with Crippen LogP contribution >= 0.6 is 0 Å². The number of carbonyl (C=O) groups is 1. The van der Waals surface area contributed by atoms with Gasteiger partial charge in [-0.3, -0.25) is 9.69 Å². The number of β-amino-alcohol motifs (C(OH)–C–C–N with tert-alkyl or cyclic N) is 1. The summed E-state index contributed by atoms with van der Waals surface area (Å²) in [7, 11) is 0. The van der Waals surface area contributed by atoms with E-state index in [0.29, 0.717) is 13.0 Å². The van der Waals surface area contributed by atoms with Crippen molar-refractivity contribution in [3.05, 3.63) is 0 Å². The van der Waals surface area contributed by atoms with Crippen LogP contribution in [0.3, 0.4) is 0 Å². The van der Waals surface area contributed by atoms with Crippen LogP contribution in [0.4, 0.5) is 0 Å². The van der Waals surface area contributed by atoms with Crippen molar-refractivity contribution < 1.29 is 9.90 Å². The Kier molecular flexibility index (Phi) is 5.01. The number of aliphatic hydroxyl groups excluding tert-OH is 1. The Morgan fingerprint density at radius 1 is 1.40 bits per heavy atom. The van der Waals surface area contributed by atoms with Gasteiger partial charge < -0.3 is 15.7 Å². The third-order valence-electron chi connectivity index (χ3n) is 2.86. The number of nitrogens with two attached hydrogens (primary N) is 1. The number of amides is 1. The molecule has 1 atom stereocenters. The molecule has 0 bridgehead atoms. The molecule has 1 amide bonds. The Balaban J connectivity index is 2.33. The Hall–Kier alpha value is -0.650. The van der Waals surface area contributed by atoms with E-state index in [2.05, 4.69) is 4.90 Å². The maximum Gasteiger partial charge on any atom is 0.239 e. The summed E-state index contributed by atoms with van der Waals surface area (Å²) in [4.78, 5) is 15.7. The number of hydrogen-bond donors (Lipinski definition) is 2. The molecule has 15 heavy (non-hydrogen) atoms. The van der Waals surface area contributed by atoms with Gasteiger partial charge in [-0.15, -0.1) is 0 Å². The molecule has 0 aromatic heterocycles. The molecule has 1 aliphatic rings. The van der Waals surface area contributed by atoms with Gasteiger partial charge in [-0.2, -0.15) is 0 Å². The summed E-state index contributed by atoms with van der Waals surface area (Å²) in [6, 6.07) is -0.352. The molecule has 1 fully saturated rings. The van der Waals surface area contributed by atoms with E-state index in [0.717, 1.165) is 26.2 Å². The lowest BCUT2D eigenvalue weighted by molar-refractivity contribution is -0.134. The minimum absolute atomic E-state index is 0.0566. The maximum atomic E-state index is 11.7. The first kappa shape index (κ1) is 12.4. The molecule has 0 radical (unpaired) electrons. The molecule has 5 heteroatoms. The summed E-state index contributed by atoms with van der Waals surface area (Å²) in [5, 5.41) is 8.78. The monoisotopic (exact) mass is 215 g/mol. The SMILES string of the molecule is CC[C@H](N)C(=O)N1CCN(CCO)CC1. The first-order valence-corrected chi connectivity index (χ1v) is 5.56. The van der Waals surface area contributed by atoms with Crippen molar-refractivity contribution in [2.24, 2.45) is 5.73 Å². The number of rotatable bonds is 4. The molecule has 0 aromatic rings. The first-order valence-electron chi connectivity index (χ1n) is 5.56. The summed E-state index contributed by atoms with van der Waals surface area (Å²) in [5.74, 6) is 0.0566. The van der Waals surface area contributed by atoms with Gasteiger partial charge in [0.15, 0.2) is 0 Å². The fourth-order valence-corrected chi connectivity index (χ4v) is 1.74. The molecule has 0 spiro atoms. The van der Waals surface area contributed by atoms with Crippen LogP contribution in [0.2, 0.25) is 0 Å². The molecule has 88 valence electrons. The van der Waals surface area contributed by atoms with Crippen LogP contribution in [0.15, 0.2) is 0 Å². The normalized spacial score (nSPS) is 20.3. The Bertz CT molecular complexity index is 203. The summed E-state index contributed by atoms with van der Waals surface area (Å²) >= 11 is 0. The summed E-state index contributed by atoms with van der Waals surface area (Å²) in [5.41, 5.74) is 5.70. The quantitative estimate of drug-likeness (QED) is 0.622. The van der Waals surface area contributed by atoms with E-state index >= 15 is 0 Å². The molecule has 0 saturated carbocycles. The zero-order chi connectivity index (χ0) is 11.3. The van der Waals surface area contributed by atoms with Crippen LogP contribution in [0.5, 0.6) is 0 Å². The summed E-state index contributed by atoms with van der Waals surface area (Å²) < 4.78 is 0. The average Bonchev–Trinajstić information content (AvgIpc) is 2.28. The zero-order valence-corrected chi connectivity index (χ0v) is 9.35. The molecule has 1 saturated heterocycles. The minimum Gasteiger partial charge on any atom is -0.395 e. The van der Waals surface area contributed by atoms with Gasteiger partial charge in [0, 0.05) is 32.7 Å². The number of carbonyl (C=O) groups excluding carboxylic acids is 1. The molecular formula is C10H21N3O2. The van der Waals surface area contributed by atoms with Gasteiger partial charge in [-0.05, 0) is 6.42 Å². The van der Waals surface area contributed by atoms with E-state index in [-0.39, 0.29) is 18.6 Å². The maximum absolute atomic E-state index is 11.7. The van der Waals surface area contributed by atoms with Crippen LogP contribution in [0, 0.1) is 0 Å². The second-order valence-corrected chi connectivity index (χ2v) is 3.91. The van der Waals surface area contributed by atoms with Gasteiger partial charge in [-0.1, -0.05) is 6.92 Å². The van der Waals surface area contributed by atoms with Gasteiger partial charge in [0.05, 0.1) is 12.6 Å². The van der Waals surface area contributed by atoms with Crippen molar-refractivity contribution >= 4 is 5.91 Å². The highest BCUT2D eigenvalue weighted by Crippen LogP contribution is 2.04. The third-order valence-corrected chi connectivity index (χ3v) is 2.86. The van der Waals surface area contributed by atoms with Crippen LogP contribution in [0.1, 0.15) is 13.3 Å². The van der Waals surface area contributed by atoms with Gasteiger partial charge in [0.1, 0.15) is 0 Å². The Labute approximate surface area is 90.8 Å². The van der Waals surface area contributed by atoms with E-state index < -0.39 is 0 Å². The molecule has 1 rings (SSSR count). The Morgan fingerprint density at radius 2 is 2.00 bits per heavy atom. The molecule has 0 aliphatic carbocycles. The molecule has 0 unspecified atom stereocenters. The first-order chi connectivity index (χ1) is 7.19. The van der Waals surface area contributed by atoms with Crippen LogP contribution in [-0.2, 0) is 4.79 Å². The summed E-state index contributed by atoms with van der Waals surface area (Å²) in [6.07, 6.45) is 0.690. The van der Waals surface area contributed by atoms with E-state index in [9.17, 15) is 4.79 Å². The van der Waals surface area contributed by atoms with E-state index in [1.165, 1.54) is 0 Å². The number of nitrogens with zero attached hydrogens (tertiary/aromatic N) is 2. The second kappa shape index (κ2) is 6.05. The smallest absolute Gasteiger partial charge is 0.239 e. The number of hydrogen-bond acceptors (Lipinski definition) is 4. The van der Waals surface area contributed by atoms with Crippen molar-refractivity contribution in [2.75, 3.05) is 39.3 Å². The third kappa shape index (κ3) is 3.44. The van der Waals surface area contributed by atoms with Crippen molar-refractivity contribution in [2.45, 2.75) is 19.4 Å². The van der Waals surface area contributed by atoms with Crippen LogP contribution in [0.25, 0.3) is 0 Å². The summed E-state index contributed by atoms with van der Waals surface area (Å²) in [6.45, 7) is 5.93.